The molecule has 0 saturated heterocycles. The summed E-state index contributed by atoms with van der Waals surface area (Å²) >= 11 is 3.18. The Kier molecular flexibility index (Phi) is 4.47. The van der Waals surface area contributed by atoms with Gasteiger partial charge < -0.3 is 16.2 Å². The molecule has 0 atom stereocenters. The van der Waals surface area contributed by atoms with E-state index in [1.165, 1.54) is 0 Å². The summed E-state index contributed by atoms with van der Waals surface area (Å²) in [7, 11) is 0. The molecule has 23 heavy (non-hydrogen) atoms. The number of aromatic hydroxyl groups is 1. The Bertz CT molecular complexity index is 852. The Balaban J connectivity index is 2.31. The van der Waals surface area contributed by atoms with Gasteiger partial charge in [-0.2, -0.15) is 0 Å². The lowest BCUT2D eigenvalue weighted by molar-refractivity contribution is -0.105. The second kappa shape index (κ2) is 6.54. The van der Waals surface area contributed by atoms with Gasteiger partial charge in [-0.1, -0.05) is 0 Å². The summed E-state index contributed by atoms with van der Waals surface area (Å²) in [5.74, 6) is 0.187. The number of phenolic OH excluding ortho intramolecular Hbond substituents is 1. The van der Waals surface area contributed by atoms with E-state index in [1.54, 1.807) is 34.8 Å². The van der Waals surface area contributed by atoms with E-state index in [0.29, 0.717) is 18.6 Å². The molecule has 0 aliphatic carbocycles. The quantitative estimate of drug-likeness (QED) is 0.480. The van der Waals surface area contributed by atoms with Crippen LogP contribution in [0.5, 0.6) is 5.75 Å². The third kappa shape index (κ3) is 2.88. The normalized spacial score (nSPS) is 10.7. The van der Waals surface area contributed by atoms with Gasteiger partial charge in [-0.05, 0) is 48.2 Å². The molecule has 0 radical (unpaired) electrons. The molecule has 0 unspecified atom stereocenters. The summed E-state index contributed by atoms with van der Waals surface area (Å²) in [5.41, 5.74) is 8.95. The molecule has 6 heteroatoms. The molecule has 1 aromatic carbocycles. The van der Waals surface area contributed by atoms with Crippen LogP contribution in [-0.4, -0.2) is 11.5 Å². The maximum Gasteiger partial charge on any atom is 0.211 e. The summed E-state index contributed by atoms with van der Waals surface area (Å²) in [4.78, 5) is 14.1. The van der Waals surface area contributed by atoms with Crippen LogP contribution >= 0.6 is 22.7 Å². The van der Waals surface area contributed by atoms with E-state index in [0.717, 1.165) is 31.3 Å². The van der Waals surface area contributed by atoms with Gasteiger partial charge in [-0.25, -0.2) is 0 Å². The van der Waals surface area contributed by atoms with Gasteiger partial charge in [0.2, 0.25) is 6.41 Å². The molecule has 1 amide bonds. The van der Waals surface area contributed by atoms with Crippen molar-refractivity contribution in [2.75, 3.05) is 5.32 Å². The van der Waals surface area contributed by atoms with Crippen molar-refractivity contribution in [1.29, 1.82) is 0 Å². The predicted molar refractivity (Wildman–Crippen MR) is 97.0 cm³/mol. The SMILES string of the molecule is Cc1sccc1-c1c(NC=O)ccc(O)c1-c1ccc(CN)s1. The van der Waals surface area contributed by atoms with E-state index < -0.39 is 0 Å². The predicted octanol–water partition coefficient (Wildman–Crippen LogP) is 4.18. The van der Waals surface area contributed by atoms with E-state index in [9.17, 15) is 9.90 Å². The average Bonchev–Trinajstić information content (AvgIpc) is 3.17. The zero-order valence-electron chi connectivity index (χ0n) is 12.5. The van der Waals surface area contributed by atoms with Gasteiger partial charge in [-0.15, -0.1) is 22.7 Å². The second-order valence-electron chi connectivity index (χ2n) is 5.00. The number of hydrogen-bond donors (Lipinski definition) is 3. The average molecular weight is 344 g/mol. The fourth-order valence-electron chi connectivity index (χ4n) is 2.57. The van der Waals surface area contributed by atoms with Crippen LogP contribution in [0.3, 0.4) is 0 Å². The Morgan fingerprint density at radius 3 is 2.65 bits per heavy atom. The van der Waals surface area contributed by atoms with Crippen molar-refractivity contribution >= 4 is 34.8 Å². The fraction of sp³-hybridized carbons (Fsp3) is 0.118. The first-order valence-electron chi connectivity index (χ1n) is 7.05. The van der Waals surface area contributed by atoms with Gasteiger partial charge in [0.15, 0.2) is 0 Å². The van der Waals surface area contributed by atoms with Crippen LogP contribution < -0.4 is 11.1 Å². The molecule has 0 aliphatic heterocycles. The monoisotopic (exact) mass is 344 g/mol. The number of nitrogens with one attached hydrogen (secondary N) is 1. The van der Waals surface area contributed by atoms with Crippen molar-refractivity contribution in [3.8, 4) is 27.3 Å². The summed E-state index contributed by atoms with van der Waals surface area (Å²) in [6.07, 6.45) is 0.654. The van der Waals surface area contributed by atoms with Gasteiger partial charge in [-0.3, -0.25) is 4.79 Å². The number of carbonyl (C=O) groups excluding carboxylic acids is 1. The highest BCUT2D eigenvalue weighted by Gasteiger charge is 2.20. The molecule has 0 saturated carbocycles. The number of thiophene rings is 2. The number of nitrogens with two attached hydrogens (primary N) is 1. The van der Waals surface area contributed by atoms with Crippen molar-refractivity contribution in [3.05, 3.63) is 45.5 Å². The van der Waals surface area contributed by atoms with Gasteiger partial charge in [0, 0.05) is 38.0 Å². The van der Waals surface area contributed by atoms with E-state index >= 15 is 0 Å². The van der Waals surface area contributed by atoms with Crippen LogP contribution in [0, 0.1) is 6.92 Å². The molecular formula is C17H16N2O2S2. The molecule has 2 aromatic heterocycles. The number of benzene rings is 1. The standard InChI is InChI=1S/C17H16N2O2S2/c1-10-12(6-7-22-10)16-13(19-9-20)3-4-14(21)17(16)15-5-2-11(8-18)23-15/h2-7,9,21H,8,18H2,1H3,(H,19,20). The zero-order chi connectivity index (χ0) is 16.4. The number of hydrogen-bond acceptors (Lipinski definition) is 5. The smallest absolute Gasteiger partial charge is 0.211 e. The first kappa shape index (κ1) is 15.7. The highest BCUT2D eigenvalue weighted by atomic mass is 32.1. The van der Waals surface area contributed by atoms with Crippen LogP contribution in [0.4, 0.5) is 5.69 Å². The summed E-state index contributed by atoms with van der Waals surface area (Å²) in [6, 6.07) is 9.25. The van der Waals surface area contributed by atoms with E-state index in [4.69, 9.17) is 5.73 Å². The van der Waals surface area contributed by atoms with E-state index in [2.05, 4.69) is 5.32 Å². The molecule has 3 rings (SSSR count). The number of carbonyl (C=O) groups is 1. The maximum absolute atomic E-state index is 11.0. The minimum atomic E-state index is 0.187. The molecule has 4 nitrogen and oxygen atoms in total. The number of anilines is 1. The van der Waals surface area contributed by atoms with Gasteiger partial charge in [0.05, 0.1) is 0 Å². The van der Waals surface area contributed by atoms with Crippen molar-refractivity contribution < 1.29 is 9.90 Å². The molecule has 0 aliphatic rings. The van der Waals surface area contributed by atoms with Crippen molar-refractivity contribution in [2.45, 2.75) is 13.5 Å². The van der Waals surface area contributed by atoms with Crippen LogP contribution in [0.2, 0.25) is 0 Å². The first-order valence-corrected chi connectivity index (χ1v) is 8.75. The topological polar surface area (TPSA) is 75.3 Å². The number of rotatable bonds is 5. The second-order valence-corrected chi connectivity index (χ2v) is 7.29. The molecule has 4 N–H and O–H groups in total. The molecular weight excluding hydrogens is 328 g/mol. The molecule has 0 bridgehead atoms. The highest BCUT2D eigenvalue weighted by molar-refractivity contribution is 7.15. The third-order valence-corrected chi connectivity index (χ3v) is 5.61. The van der Waals surface area contributed by atoms with Crippen molar-refractivity contribution in [1.82, 2.24) is 0 Å². The summed E-state index contributed by atoms with van der Waals surface area (Å²) in [5, 5.41) is 15.2. The van der Waals surface area contributed by atoms with E-state index in [-0.39, 0.29) is 5.75 Å². The Labute approximate surface area is 142 Å². The Hall–Kier alpha value is -2.15. The summed E-state index contributed by atoms with van der Waals surface area (Å²) < 4.78 is 0. The van der Waals surface area contributed by atoms with Gasteiger partial charge >= 0.3 is 0 Å². The van der Waals surface area contributed by atoms with Crippen LogP contribution in [0.1, 0.15) is 9.75 Å². The minimum Gasteiger partial charge on any atom is -0.507 e. The van der Waals surface area contributed by atoms with Gasteiger partial charge in [0.1, 0.15) is 5.75 Å². The number of amides is 1. The summed E-state index contributed by atoms with van der Waals surface area (Å²) in [6.45, 7) is 2.49. The molecule has 0 fully saturated rings. The highest BCUT2D eigenvalue weighted by Crippen LogP contribution is 2.47. The number of aryl methyl sites for hydroxylation is 1. The van der Waals surface area contributed by atoms with Crippen LogP contribution in [0.25, 0.3) is 21.6 Å². The lowest BCUT2D eigenvalue weighted by atomic mass is 9.96. The lowest BCUT2D eigenvalue weighted by Gasteiger charge is -2.15. The van der Waals surface area contributed by atoms with Crippen LogP contribution in [0.15, 0.2) is 35.7 Å². The fourth-order valence-corrected chi connectivity index (χ4v) is 4.22. The maximum atomic E-state index is 11.0. The van der Waals surface area contributed by atoms with Crippen LogP contribution in [-0.2, 0) is 11.3 Å². The Morgan fingerprint density at radius 2 is 2.04 bits per heavy atom. The largest absolute Gasteiger partial charge is 0.507 e. The molecule has 0 spiro atoms. The Morgan fingerprint density at radius 1 is 1.22 bits per heavy atom. The van der Waals surface area contributed by atoms with Crippen molar-refractivity contribution in [2.24, 2.45) is 5.73 Å². The lowest BCUT2D eigenvalue weighted by Crippen LogP contribution is -1.98. The molecule has 3 aromatic rings. The third-order valence-electron chi connectivity index (χ3n) is 3.64. The minimum absolute atomic E-state index is 0.187. The van der Waals surface area contributed by atoms with Gasteiger partial charge in [0.25, 0.3) is 0 Å². The number of phenols is 1. The van der Waals surface area contributed by atoms with Crippen molar-refractivity contribution in [3.63, 3.8) is 0 Å². The molecule has 2 heterocycles. The molecule has 118 valence electrons. The van der Waals surface area contributed by atoms with E-state index in [1.807, 2.05) is 30.5 Å². The first-order chi connectivity index (χ1) is 11.2. The zero-order valence-corrected chi connectivity index (χ0v) is 14.1.